The van der Waals surface area contributed by atoms with Gasteiger partial charge in [0.25, 0.3) is 0 Å². The van der Waals surface area contributed by atoms with Crippen LogP contribution in [0.4, 0.5) is 0 Å². The summed E-state index contributed by atoms with van der Waals surface area (Å²) in [5.74, 6) is -0.0211. The van der Waals surface area contributed by atoms with Crippen molar-refractivity contribution < 1.29 is 9.53 Å². The summed E-state index contributed by atoms with van der Waals surface area (Å²) in [5, 5.41) is 6.00. The van der Waals surface area contributed by atoms with Crippen LogP contribution >= 0.6 is 0 Å². The Balaban J connectivity index is 3.86. The monoisotopic (exact) mass is 230 g/mol. The summed E-state index contributed by atoms with van der Waals surface area (Å²) in [5.41, 5.74) is -0.223. The summed E-state index contributed by atoms with van der Waals surface area (Å²) in [6, 6.07) is 0. The number of carbonyl (C=O) groups is 1. The van der Waals surface area contributed by atoms with Gasteiger partial charge >= 0.3 is 0 Å². The van der Waals surface area contributed by atoms with Crippen molar-refractivity contribution in [3.05, 3.63) is 0 Å². The fraction of sp³-hybridized carbons (Fsp3) is 0.917. The van der Waals surface area contributed by atoms with Crippen LogP contribution < -0.4 is 10.6 Å². The molecule has 4 nitrogen and oxygen atoms in total. The molecule has 0 aliphatic heterocycles. The predicted molar refractivity (Wildman–Crippen MR) is 66.5 cm³/mol. The molecule has 0 rings (SSSR count). The average molecular weight is 230 g/mol. The molecule has 96 valence electrons. The topological polar surface area (TPSA) is 50.4 Å². The molecule has 0 heterocycles. The van der Waals surface area contributed by atoms with E-state index in [1.807, 2.05) is 20.9 Å². The van der Waals surface area contributed by atoms with Crippen LogP contribution in [0.5, 0.6) is 0 Å². The van der Waals surface area contributed by atoms with Crippen molar-refractivity contribution in [1.29, 1.82) is 0 Å². The zero-order chi connectivity index (χ0) is 12.8. The van der Waals surface area contributed by atoms with Crippen LogP contribution in [0.15, 0.2) is 0 Å². The van der Waals surface area contributed by atoms with Crippen molar-refractivity contribution in [2.24, 2.45) is 0 Å². The van der Waals surface area contributed by atoms with Gasteiger partial charge in [0.05, 0.1) is 5.60 Å². The first-order chi connectivity index (χ1) is 7.18. The Morgan fingerprint density at radius 1 is 1.25 bits per heavy atom. The lowest BCUT2D eigenvalue weighted by Gasteiger charge is -2.29. The zero-order valence-corrected chi connectivity index (χ0v) is 11.4. The minimum atomic E-state index is -0.310. The third-order valence-corrected chi connectivity index (χ3v) is 2.66. The van der Waals surface area contributed by atoms with Gasteiger partial charge in [-0.05, 0) is 41.2 Å². The van der Waals surface area contributed by atoms with E-state index in [-0.39, 0.29) is 17.0 Å². The summed E-state index contributed by atoms with van der Waals surface area (Å²) >= 11 is 0. The minimum absolute atomic E-state index is 0.0211. The highest BCUT2D eigenvalue weighted by Crippen LogP contribution is 2.12. The van der Waals surface area contributed by atoms with Crippen molar-refractivity contribution >= 4 is 5.91 Å². The fourth-order valence-corrected chi connectivity index (χ4v) is 1.10. The van der Waals surface area contributed by atoms with E-state index in [2.05, 4.69) is 24.5 Å². The van der Waals surface area contributed by atoms with E-state index in [0.29, 0.717) is 13.2 Å². The van der Waals surface area contributed by atoms with Gasteiger partial charge in [-0.2, -0.15) is 0 Å². The summed E-state index contributed by atoms with van der Waals surface area (Å²) in [6.45, 7) is 11.0. The first kappa shape index (κ1) is 15.4. The van der Waals surface area contributed by atoms with Crippen LogP contribution in [0, 0.1) is 0 Å². The molecule has 0 saturated heterocycles. The number of hydrogen-bond donors (Lipinski definition) is 2. The zero-order valence-electron chi connectivity index (χ0n) is 11.4. The lowest BCUT2D eigenvalue weighted by Crippen LogP contribution is -2.42. The van der Waals surface area contributed by atoms with E-state index in [4.69, 9.17) is 4.74 Å². The summed E-state index contributed by atoms with van der Waals surface area (Å²) in [4.78, 5) is 10.8. The second-order valence-corrected chi connectivity index (χ2v) is 5.40. The smallest absolute Gasteiger partial charge is 0.216 e. The standard InChI is InChI=1S/C12H26N2O2/c1-10(15)14-9-12(4,5)16-8-7-11(2,3)13-6/h13H,7-9H2,1-6H3,(H,14,15). The van der Waals surface area contributed by atoms with Gasteiger partial charge in [0.1, 0.15) is 0 Å². The Labute approximate surface area is 99.1 Å². The molecule has 4 heteroatoms. The maximum Gasteiger partial charge on any atom is 0.216 e. The number of hydrogen-bond acceptors (Lipinski definition) is 3. The molecular weight excluding hydrogens is 204 g/mol. The minimum Gasteiger partial charge on any atom is -0.374 e. The van der Waals surface area contributed by atoms with Gasteiger partial charge in [-0.15, -0.1) is 0 Å². The average Bonchev–Trinajstić information content (AvgIpc) is 2.14. The lowest BCUT2D eigenvalue weighted by molar-refractivity contribution is -0.120. The largest absolute Gasteiger partial charge is 0.374 e. The number of ether oxygens (including phenoxy) is 1. The van der Waals surface area contributed by atoms with Crippen molar-refractivity contribution in [2.45, 2.75) is 52.2 Å². The first-order valence-corrected chi connectivity index (χ1v) is 5.76. The molecule has 2 N–H and O–H groups in total. The molecule has 1 amide bonds. The maximum atomic E-state index is 10.8. The quantitative estimate of drug-likeness (QED) is 0.693. The molecule has 0 saturated carbocycles. The van der Waals surface area contributed by atoms with Gasteiger partial charge in [-0.25, -0.2) is 0 Å². The summed E-state index contributed by atoms with van der Waals surface area (Å²) in [6.07, 6.45) is 0.938. The van der Waals surface area contributed by atoms with Crippen LogP contribution in [0.3, 0.4) is 0 Å². The highest BCUT2D eigenvalue weighted by Gasteiger charge is 2.21. The number of rotatable bonds is 7. The van der Waals surface area contributed by atoms with E-state index >= 15 is 0 Å². The molecule has 0 atom stereocenters. The Morgan fingerprint density at radius 2 is 1.81 bits per heavy atom. The van der Waals surface area contributed by atoms with Crippen molar-refractivity contribution in [3.8, 4) is 0 Å². The Kier molecular flexibility index (Phi) is 5.97. The van der Waals surface area contributed by atoms with Gasteiger partial charge < -0.3 is 15.4 Å². The van der Waals surface area contributed by atoms with Gasteiger partial charge in [0.2, 0.25) is 5.91 Å². The second-order valence-electron chi connectivity index (χ2n) is 5.40. The number of carbonyl (C=O) groups excluding carboxylic acids is 1. The van der Waals surface area contributed by atoms with Gasteiger partial charge in [0, 0.05) is 25.6 Å². The highest BCUT2D eigenvalue weighted by molar-refractivity contribution is 5.72. The fourth-order valence-electron chi connectivity index (χ4n) is 1.10. The summed E-state index contributed by atoms with van der Waals surface area (Å²) < 4.78 is 5.76. The number of nitrogens with one attached hydrogen (secondary N) is 2. The van der Waals surface area contributed by atoms with Gasteiger partial charge in [-0.1, -0.05) is 0 Å². The van der Waals surface area contributed by atoms with Crippen LogP contribution in [-0.2, 0) is 9.53 Å². The molecule has 0 aromatic carbocycles. The van der Waals surface area contributed by atoms with Crippen molar-refractivity contribution in [1.82, 2.24) is 10.6 Å². The molecule has 0 fully saturated rings. The van der Waals surface area contributed by atoms with E-state index in [1.165, 1.54) is 6.92 Å². The van der Waals surface area contributed by atoms with Crippen LogP contribution in [0.2, 0.25) is 0 Å². The Hall–Kier alpha value is -0.610. The molecule has 0 aromatic heterocycles. The Morgan fingerprint density at radius 3 is 2.25 bits per heavy atom. The lowest BCUT2D eigenvalue weighted by atomic mass is 10.0. The molecule has 0 spiro atoms. The third-order valence-electron chi connectivity index (χ3n) is 2.66. The van der Waals surface area contributed by atoms with E-state index in [0.717, 1.165) is 6.42 Å². The van der Waals surface area contributed by atoms with Crippen molar-refractivity contribution in [3.63, 3.8) is 0 Å². The highest BCUT2D eigenvalue weighted by atomic mass is 16.5. The molecule has 0 aromatic rings. The van der Waals surface area contributed by atoms with E-state index in [9.17, 15) is 4.79 Å². The van der Waals surface area contributed by atoms with Crippen LogP contribution in [-0.4, -0.2) is 37.2 Å². The predicted octanol–water partition coefficient (Wildman–Crippen LogP) is 1.31. The number of amides is 1. The van der Waals surface area contributed by atoms with E-state index in [1.54, 1.807) is 0 Å². The first-order valence-electron chi connectivity index (χ1n) is 5.76. The van der Waals surface area contributed by atoms with Gasteiger partial charge in [-0.3, -0.25) is 4.79 Å². The van der Waals surface area contributed by atoms with Crippen molar-refractivity contribution in [2.75, 3.05) is 20.2 Å². The third kappa shape index (κ3) is 7.65. The Bertz CT molecular complexity index is 225. The molecule has 0 radical (unpaired) electrons. The molecule has 0 aliphatic carbocycles. The summed E-state index contributed by atoms with van der Waals surface area (Å²) in [7, 11) is 1.95. The van der Waals surface area contributed by atoms with Crippen LogP contribution in [0.25, 0.3) is 0 Å². The molecule has 0 bridgehead atoms. The molecular formula is C12H26N2O2. The van der Waals surface area contributed by atoms with E-state index < -0.39 is 0 Å². The maximum absolute atomic E-state index is 10.8. The molecule has 0 unspecified atom stereocenters. The second kappa shape index (κ2) is 6.21. The SMILES string of the molecule is CNC(C)(C)CCOC(C)(C)CNC(C)=O. The van der Waals surface area contributed by atoms with Crippen LogP contribution in [0.1, 0.15) is 41.0 Å². The van der Waals surface area contributed by atoms with Gasteiger partial charge in [0.15, 0.2) is 0 Å². The normalized spacial score (nSPS) is 12.6. The molecule has 16 heavy (non-hydrogen) atoms. The molecule has 0 aliphatic rings.